The van der Waals surface area contributed by atoms with Crippen LogP contribution in [0.15, 0.2) is 36.4 Å². The maximum absolute atomic E-state index is 10.3. The quantitative estimate of drug-likeness (QED) is 0.733. The van der Waals surface area contributed by atoms with Crippen LogP contribution < -0.4 is 9.47 Å². The highest BCUT2D eigenvalue weighted by atomic mass is 16.5. The minimum absolute atomic E-state index is 0.465. The number of methoxy groups -OCH3 is 1. The summed E-state index contributed by atoms with van der Waals surface area (Å²) < 4.78 is 9.91. The standard InChI is InChI=1S/C15H12N3O3/c1-10-7-11(3-6-15(10)21-9-19)18-16-13-5-4-12(20-2)8-14(13)17-18/h3-8H,1-2H3. The van der Waals surface area contributed by atoms with Crippen LogP contribution in [0, 0.1) is 6.92 Å². The van der Waals surface area contributed by atoms with Gasteiger partial charge in [0.05, 0.1) is 12.8 Å². The van der Waals surface area contributed by atoms with Gasteiger partial charge in [-0.15, -0.1) is 10.2 Å². The lowest BCUT2D eigenvalue weighted by Crippen LogP contribution is -2.00. The van der Waals surface area contributed by atoms with Crippen LogP contribution in [-0.4, -0.2) is 28.6 Å². The van der Waals surface area contributed by atoms with Gasteiger partial charge in [0, 0.05) is 6.07 Å². The van der Waals surface area contributed by atoms with Crippen molar-refractivity contribution in [3.8, 4) is 17.2 Å². The van der Waals surface area contributed by atoms with Gasteiger partial charge in [0.2, 0.25) is 0 Å². The van der Waals surface area contributed by atoms with Crippen LogP contribution in [0.3, 0.4) is 0 Å². The van der Waals surface area contributed by atoms with Crippen molar-refractivity contribution in [1.29, 1.82) is 0 Å². The van der Waals surface area contributed by atoms with Crippen molar-refractivity contribution in [2.24, 2.45) is 0 Å². The molecular weight excluding hydrogens is 270 g/mol. The van der Waals surface area contributed by atoms with E-state index < -0.39 is 0 Å². The van der Waals surface area contributed by atoms with Gasteiger partial charge in [0.15, 0.2) is 0 Å². The van der Waals surface area contributed by atoms with Crippen molar-refractivity contribution in [1.82, 2.24) is 15.0 Å². The molecule has 2 aromatic carbocycles. The first-order valence-corrected chi connectivity index (χ1v) is 6.27. The molecule has 6 heteroatoms. The summed E-state index contributed by atoms with van der Waals surface area (Å²) in [6, 6.07) is 10.8. The summed E-state index contributed by atoms with van der Waals surface area (Å²) in [6.45, 7) is 3.25. The smallest absolute Gasteiger partial charge is 0.423 e. The van der Waals surface area contributed by atoms with E-state index in [1.54, 1.807) is 19.2 Å². The van der Waals surface area contributed by atoms with Gasteiger partial charge < -0.3 is 9.47 Å². The fourth-order valence-electron chi connectivity index (χ4n) is 2.05. The minimum Gasteiger partial charge on any atom is -0.497 e. The van der Waals surface area contributed by atoms with E-state index in [2.05, 4.69) is 10.2 Å². The van der Waals surface area contributed by atoms with Gasteiger partial charge >= 0.3 is 6.47 Å². The Morgan fingerprint density at radius 1 is 1.10 bits per heavy atom. The first-order valence-electron chi connectivity index (χ1n) is 6.27. The first kappa shape index (κ1) is 13.1. The average Bonchev–Trinajstić information content (AvgIpc) is 2.92. The molecule has 105 valence electrons. The number of benzene rings is 2. The van der Waals surface area contributed by atoms with E-state index in [9.17, 15) is 4.79 Å². The van der Waals surface area contributed by atoms with Gasteiger partial charge in [0.1, 0.15) is 22.5 Å². The normalized spacial score (nSPS) is 10.6. The Hall–Kier alpha value is -2.89. The monoisotopic (exact) mass is 282 g/mol. The van der Waals surface area contributed by atoms with Crippen LogP contribution in [0.1, 0.15) is 5.56 Å². The Morgan fingerprint density at radius 3 is 2.62 bits per heavy atom. The summed E-state index contributed by atoms with van der Waals surface area (Å²) in [7, 11) is 1.61. The zero-order valence-electron chi connectivity index (χ0n) is 11.5. The molecule has 1 heterocycles. The van der Waals surface area contributed by atoms with Gasteiger partial charge in [-0.05, 0) is 42.8 Å². The van der Waals surface area contributed by atoms with E-state index in [1.165, 1.54) is 11.3 Å². The molecule has 0 aliphatic heterocycles. The second-order valence-electron chi connectivity index (χ2n) is 4.48. The second kappa shape index (κ2) is 5.24. The molecule has 0 aliphatic rings. The van der Waals surface area contributed by atoms with Gasteiger partial charge in [0.25, 0.3) is 0 Å². The van der Waals surface area contributed by atoms with Crippen LogP contribution in [0.25, 0.3) is 16.7 Å². The molecule has 3 rings (SSSR count). The summed E-state index contributed by atoms with van der Waals surface area (Å²) in [5.41, 5.74) is 3.10. The number of ether oxygens (including phenoxy) is 2. The fraction of sp³-hybridized carbons (Fsp3) is 0.133. The lowest BCUT2D eigenvalue weighted by Gasteiger charge is -2.04. The number of carbonyl (C=O) groups excluding carboxylic acids is 1. The molecule has 0 amide bonds. The Kier molecular flexibility index (Phi) is 3.27. The van der Waals surface area contributed by atoms with E-state index in [0.29, 0.717) is 5.75 Å². The zero-order chi connectivity index (χ0) is 14.8. The molecule has 0 saturated carbocycles. The largest absolute Gasteiger partial charge is 0.497 e. The SMILES string of the molecule is COc1ccc2nn(-c3ccc(O[C]=O)c(C)c3)nc2c1. The number of rotatable bonds is 4. The van der Waals surface area contributed by atoms with E-state index in [4.69, 9.17) is 9.47 Å². The highest BCUT2D eigenvalue weighted by Gasteiger charge is 2.08. The molecule has 0 saturated heterocycles. The summed E-state index contributed by atoms with van der Waals surface area (Å²) in [4.78, 5) is 11.8. The molecular formula is C15H12N3O3. The lowest BCUT2D eigenvalue weighted by molar-refractivity contribution is 0.415. The third kappa shape index (κ3) is 2.43. The van der Waals surface area contributed by atoms with Gasteiger partial charge in [-0.2, -0.15) is 4.80 Å². The summed E-state index contributed by atoms with van der Waals surface area (Å²) in [6.07, 6.45) is 0. The third-order valence-corrected chi connectivity index (χ3v) is 3.13. The number of hydrogen-bond donors (Lipinski definition) is 0. The summed E-state index contributed by atoms with van der Waals surface area (Å²) >= 11 is 0. The van der Waals surface area contributed by atoms with Crippen LogP contribution in [0.4, 0.5) is 0 Å². The molecule has 1 aromatic heterocycles. The van der Waals surface area contributed by atoms with Crippen molar-refractivity contribution in [2.75, 3.05) is 7.11 Å². The molecule has 0 fully saturated rings. The molecule has 3 aromatic rings. The molecule has 0 spiro atoms. The summed E-state index contributed by atoms with van der Waals surface area (Å²) in [5, 5.41) is 8.82. The zero-order valence-corrected chi connectivity index (χ0v) is 11.5. The fourth-order valence-corrected chi connectivity index (χ4v) is 2.05. The number of fused-ring (bicyclic) bond motifs is 1. The van der Waals surface area contributed by atoms with Crippen LogP contribution >= 0.6 is 0 Å². The van der Waals surface area contributed by atoms with E-state index in [0.717, 1.165) is 28.0 Å². The number of aryl methyl sites for hydroxylation is 1. The molecule has 21 heavy (non-hydrogen) atoms. The van der Waals surface area contributed by atoms with Crippen LogP contribution in [0.2, 0.25) is 0 Å². The van der Waals surface area contributed by atoms with Crippen molar-refractivity contribution in [3.05, 3.63) is 42.0 Å². The van der Waals surface area contributed by atoms with Crippen molar-refractivity contribution in [3.63, 3.8) is 0 Å². The Balaban J connectivity index is 2.03. The van der Waals surface area contributed by atoms with E-state index >= 15 is 0 Å². The average molecular weight is 282 g/mol. The Morgan fingerprint density at radius 2 is 1.90 bits per heavy atom. The third-order valence-electron chi connectivity index (χ3n) is 3.13. The van der Waals surface area contributed by atoms with E-state index in [-0.39, 0.29) is 0 Å². The van der Waals surface area contributed by atoms with Gasteiger partial charge in [-0.3, -0.25) is 0 Å². The van der Waals surface area contributed by atoms with Crippen LogP contribution in [0.5, 0.6) is 11.5 Å². The molecule has 0 N–H and O–H groups in total. The predicted octanol–water partition coefficient (Wildman–Crippen LogP) is 2.18. The summed E-state index contributed by atoms with van der Waals surface area (Å²) in [5.74, 6) is 1.20. The van der Waals surface area contributed by atoms with Crippen molar-refractivity contribution < 1.29 is 14.3 Å². The van der Waals surface area contributed by atoms with Crippen LogP contribution in [-0.2, 0) is 4.79 Å². The molecule has 0 unspecified atom stereocenters. The second-order valence-corrected chi connectivity index (χ2v) is 4.48. The number of aromatic nitrogens is 3. The van der Waals surface area contributed by atoms with Gasteiger partial charge in [-0.1, -0.05) is 0 Å². The highest BCUT2D eigenvalue weighted by Crippen LogP contribution is 2.22. The number of nitrogens with zero attached hydrogens (tertiary/aromatic N) is 3. The predicted molar refractivity (Wildman–Crippen MR) is 76.5 cm³/mol. The molecule has 0 atom stereocenters. The van der Waals surface area contributed by atoms with Crippen molar-refractivity contribution in [2.45, 2.75) is 6.92 Å². The highest BCUT2D eigenvalue weighted by molar-refractivity contribution is 5.75. The molecule has 0 aliphatic carbocycles. The molecule has 0 bridgehead atoms. The maximum atomic E-state index is 10.3. The van der Waals surface area contributed by atoms with E-state index in [1.807, 2.05) is 31.2 Å². The maximum Gasteiger partial charge on any atom is 0.423 e. The van der Waals surface area contributed by atoms with Crippen molar-refractivity contribution >= 4 is 17.5 Å². The molecule has 1 radical (unpaired) electrons. The first-order chi connectivity index (χ1) is 10.2. The topological polar surface area (TPSA) is 66.2 Å². The molecule has 6 nitrogen and oxygen atoms in total. The minimum atomic E-state index is 0.465. The Labute approximate surface area is 120 Å². The van der Waals surface area contributed by atoms with Gasteiger partial charge in [-0.25, -0.2) is 4.79 Å². The lowest BCUT2D eigenvalue weighted by atomic mass is 10.2. The Bertz CT molecular complexity index is 811. The number of hydrogen-bond acceptors (Lipinski definition) is 5.